The van der Waals surface area contributed by atoms with E-state index in [-0.39, 0.29) is 23.3 Å². The molecule has 2 amide bonds. The molecule has 7 nitrogen and oxygen atoms in total. The number of carbonyl (C=O) groups is 1. The van der Waals surface area contributed by atoms with Gasteiger partial charge in [-0.15, -0.1) is 11.3 Å². The van der Waals surface area contributed by atoms with Crippen LogP contribution in [0.4, 0.5) is 14.9 Å². The van der Waals surface area contributed by atoms with E-state index >= 15 is 0 Å². The van der Waals surface area contributed by atoms with Crippen LogP contribution in [0.3, 0.4) is 0 Å². The average molecular weight is 518 g/mol. The minimum Gasteiger partial charge on any atom is -0.319 e. The van der Waals surface area contributed by atoms with Crippen LogP contribution < -0.4 is 10.9 Å². The van der Waals surface area contributed by atoms with Crippen LogP contribution in [0.5, 0.6) is 0 Å². The lowest BCUT2D eigenvalue weighted by atomic mass is 10.0. The lowest BCUT2D eigenvalue weighted by Crippen LogP contribution is -2.39. The number of benzene rings is 2. The number of anilines is 1. The van der Waals surface area contributed by atoms with Crippen molar-refractivity contribution in [1.29, 1.82) is 0 Å². The number of nitrogens with zero attached hydrogens (tertiary/aromatic N) is 4. The van der Waals surface area contributed by atoms with E-state index in [9.17, 15) is 14.0 Å². The number of hydrogen-bond donors (Lipinski definition) is 1. The maximum atomic E-state index is 14.0. The number of fused-ring (bicyclic) bond motifs is 3. The summed E-state index contributed by atoms with van der Waals surface area (Å²) >= 11 is 1.47. The van der Waals surface area contributed by atoms with E-state index < -0.39 is 5.82 Å². The van der Waals surface area contributed by atoms with Crippen LogP contribution in [0, 0.1) is 5.82 Å². The van der Waals surface area contributed by atoms with Crippen molar-refractivity contribution in [2.75, 3.05) is 25.0 Å². The first kappa shape index (κ1) is 23.8. The molecule has 2 aromatic carbocycles. The molecule has 190 valence electrons. The highest BCUT2D eigenvalue weighted by atomic mass is 32.1. The summed E-state index contributed by atoms with van der Waals surface area (Å²) in [6.45, 7) is 3.66. The highest BCUT2D eigenvalue weighted by Gasteiger charge is 2.28. The first-order valence-corrected chi connectivity index (χ1v) is 13.5. The van der Waals surface area contributed by atoms with Gasteiger partial charge in [0.15, 0.2) is 0 Å². The lowest BCUT2D eigenvalue weighted by molar-refractivity contribution is 0.177. The van der Waals surface area contributed by atoms with E-state index in [0.717, 1.165) is 47.7 Å². The summed E-state index contributed by atoms with van der Waals surface area (Å²) in [5, 5.41) is 3.36. The molecule has 0 unspecified atom stereocenters. The summed E-state index contributed by atoms with van der Waals surface area (Å²) in [6.07, 6.45) is 4.11. The Morgan fingerprint density at radius 1 is 1.05 bits per heavy atom. The zero-order valence-electron chi connectivity index (χ0n) is 20.4. The fourth-order valence-electron chi connectivity index (χ4n) is 5.38. The van der Waals surface area contributed by atoms with Gasteiger partial charge in [-0.3, -0.25) is 14.3 Å². The molecule has 9 heteroatoms. The zero-order valence-corrected chi connectivity index (χ0v) is 21.2. The van der Waals surface area contributed by atoms with Gasteiger partial charge < -0.3 is 10.2 Å². The fraction of sp³-hybridized carbons (Fsp3) is 0.321. The molecular formula is C28H28FN5O2S. The zero-order chi connectivity index (χ0) is 25.4. The quantitative estimate of drug-likeness (QED) is 0.413. The molecule has 0 spiro atoms. The SMILES string of the molecule is O=C(Nc1ccccc1F)N1CCc2c(sc3ncn(C4CCN(Cc5ccccc5)CC4)c(=O)c23)C1. The number of halogens is 1. The summed E-state index contributed by atoms with van der Waals surface area (Å²) in [5.74, 6) is -0.467. The molecular weight excluding hydrogens is 489 g/mol. The number of carbonyl (C=O) groups excluding carboxylic acids is 1. The number of rotatable bonds is 4. The Labute approximate surface area is 218 Å². The van der Waals surface area contributed by atoms with Crippen LogP contribution in [0.15, 0.2) is 65.7 Å². The molecule has 0 bridgehead atoms. The summed E-state index contributed by atoms with van der Waals surface area (Å²) in [6, 6.07) is 16.4. The van der Waals surface area contributed by atoms with Crippen molar-refractivity contribution in [2.45, 2.75) is 38.4 Å². The molecule has 0 radical (unpaired) electrons. The third-order valence-electron chi connectivity index (χ3n) is 7.39. The van der Waals surface area contributed by atoms with Crippen molar-refractivity contribution in [3.63, 3.8) is 0 Å². The number of thiophene rings is 1. The standard InChI is InChI=1S/C28H28FN5O2S/c29-22-8-4-5-9-23(22)31-28(36)33-15-12-21-24(17-33)37-26-25(21)27(35)34(18-30-26)20-10-13-32(14-11-20)16-19-6-2-1-3-7-19/h1-9,18,20H,10-17H2,(H,31,36). The number of aromatic nitrogens is 2. The van der Waals surface area contributed by atoms with Crippen LogP contribution in [0.2, 0.25) is 0 Å². The van der Waals surface area contributed by atoms with Gasteiger partial charge in [0.05, 0.1) is 23.9 Å². The van der Waals surface area contributed by atoms with Gasteiger partial charge in [-0.25, -0.2) is 14.2 Å². The summed E-state index contributed by atoms with van der Waals surface area (Å²) in [5.41, 5.74) is 2.49. The lowest BCUT2D eigenvalue weighted by Gasteiger charge is -2.32. The molecule has 1 fully saturated rings. The Morgan fingerprint density at radius 3 is 2.59 bits per heavy atom. The van der Waals surface area contributed by atoms with Crippen molar-refractivity contribution in [3.8, 4) is 0 Å². The maximum Gasteiger partial charge on any atom is 0.322 e. The van der Waals surface area contributed by atoms with E-state index in [4.69, 9.17) is 0 Å². The molecule has 2 aliphatic heterocycles. The number of urea groups is 1. The van der Waals surface area contributed by atoms with Gasteiger partial charge in [-0.1, -0.05) is 42.5 Å². The van der Waals surface area contributed by atoms with Gasteiger partial charge in [0.25, 0.3) is 5.56 Å². The van der Waals surface area contributed by atoms with Crippen LogP contribution in [0.1, 0.15) is 34.9 Å². The maximum absolute atomic E-state index is 14.0. The Morgan fingerprint density at radius 2 is 1.81 bits per heavy atom. The number of amides is 2. The second kappa shape index (κ2) is 10.1. The summed E-state index contributed by atoms with van der Waals surface area (Å²) in [4.78, 5) is 36.8. The van der Waals surface area contributed by atoms with Crippen molar-refractivity contribution in [3.05, 3.63) is 93.1 Å². The second-order valence-electron chi connectivity index (χ2n) is 9.72. The van der Waals surface area contributed by atoms with E-state index in [2.05, 4.69) is 39.5 Å². The number of para-hydroxylation sites is 1. The molecule has 6 rings (SSSR count). The predicted molar refractivity (Wildman–Crippen MR) is 143 cm³/mol. The monoisotopic (exact) mass is 517 g/mol. The molecule has 4 heterocycles. The van der Waals surface area contributed by atoms with Crippen molar-refractivity contribution >= 4 is 33.3 Å². The largest absolute Gasteiger partial charge is 0.322 e. The van der Waals surface area contributed by atoms with Crippen molar-refractivity contribution in [1.82, 2.24) is 19.4 Å². The molecule has 0 atom stereocenters. The number of piperidine rings is 1. The Hall–Kier alpha value is -3.56. The molecule has 4 aromatic rings. The molecule has 37 heavy (non-hydrogen) atoms. The van der Waals surface area contributed by atoms with Crippen LogP contribution >= 0.6 is 11.3 Å². The second-order valence-corrected chi connectivity index (χ2v) is 10.8. The third kappa shape index (κ3) is 4.76. The van der Waals surface area contributed by atoms with E-state index in [0.29, 0.717) is 24.9 Å². The van der Waals surface area contributed by atoms with Crippen molar-refractivity contribution < 1.29 is 9.18 Å². The molecule has 2 aliphatic rings. The van der Waals surface area contributed by atoms with Gasteiger partial charge >= 0.3 is 6.03 Å². The van der Waals surface area contributed by atoms with Gasteiger partial charge in [-0.2, -0.15) is 0 Å². The Balaban J connectivity index is 1.17. The highest BCUT2D eigenvalue weighted by Crippen LogP contribution is 2.33. The van der Waals surface area contributed by atoms with Crippen LogP contribution in [0.25, 0.3) is 10.2 Å². The van der Waals surface area contributed by atoms with E-state index in [1.54, 1.807) is 29.4 Å². The smallest absolute Gasteiger partial charge is 0.319 e. The van der Waals surface area contributed by atoms with E-state index in [1.807, 2.05) is 10.6 Å². The fourth-order valence-corrected chi connectivity index (χ4v) is 6.58. The van der Waals surface area contributed by atoms with Crippen LogP contribution in [-0.2, 0) is 19.5 Å². The first-order chi connectivity index (χ1) is 18.1. The van der Waals surface area contributed by atoms with Gasteiger partial charge in [0.1, 0.15) is 10.6 Å². The molecule has 1 N–H and O–H groups in total. The van der Waals surface area contributed by atoms with Gasteiger partial charge in [0, 0.05) is 37.1 Å². The van der Waals surface area contributed by atoms with E-state index in [1.165, 1.54) is 23.0 Å². The number of hydrogen-bond acceptors (Lipinski definition) is 5. The topological polar surface area (TPSA) is 70.5 Å². The molecule has 1 saturated heterocycles. The normalized spacial score (nSPS) is 16.6. The predicted octanol–water partition coefficient (Wildman–Crippen LogP) is 5.02. The first-order valence-electron chi connectivity index (χ1n) is 12.6. The number of likely N-dealkylation sites (tertiary alicyclic amines) is 1. The molecule has 2 aromatic heterocycles. The number of nitrogens with one attached hydrogen (secondary N) is 1. The Bertz CT molecular complexity index is 1490. The minimum absolute atomic E-state index is 0.0215. The average Bonchev–Trinajstić information content (AvgIpc) is 3.30. The van der Waals surface area contributed by atoms with Crippen LogP contribution in [-0.4, -0.2) is 45.0 Å². The summed E-state index contributed by atoms with van der Waals surface area (Å²) < 4.78 is 15.8. The molecule has 0 saturated carbocycles. The Kier molecular flexibility index (Phi) is 6.48. The summed E-state index contributed by atoms with van der Waals surface area (Å²) in [7, 11) is 0. The van der Waals surface area contributed by atoms with Gasteiger partial charge in [-0.05, 0) is 42.5 Å². The highest BCUT2D eigenvalue weighted by molar-refractivity contribution is 7.18. The minimum atomic E-state index is -0.467. The van der Waals surface area contributed by atoms with Crippen molar-refractivity contribution in [2.24, 2.45) is 0 Å². The third-order valence-corrected chi connectivity index (χ3v) is 8.51. The molecule has 0 aliphatic carbocycles. The van der Waals surface area contributed by atoms with Gasteiger partial charge in [0.2, 0.25) is 0 Å².